The van der Waals surface area contributed by atoms with Crippen LogP contribution in [0.25, 0.3) is 22.1 Å². The first-order valence-corrected chi connectivity index (χ1v) is 33.5. The molecule has 2 saturated heterocycles. The minimum atomic E-state index is -0.612. The zero-order valence-corrected chi connectivity index (χ0v) is 56.9. The predicted octanol–water partition coefficient (Wildman–Crippen LogP) is 17.2. The molecule has 5 aromatic rings. The molecule has 1 aliphatic carbocycles. The Hall–Kier alpha value is -5.60. The number of hydrogen-bond acceptors (Lipinski definition) is 6. The van der Waals surface area contributed by atoms with E-state index in [0.717, 1.165) is 129 Å². The SMILES string of the molecule is C/C=C\C.C=C/C(=C\C)C(/C=C/C)(NC(=S)N1CCC(n2c(=O)n(CCCN3CCCCC3)c3ccccc32)CC1)c1ccccc1.C=CC.CC.CCCC.CCCCn1c(=O)n(CCC)c2ccccc21.CCNC1CCCCC1.NC=S. The van der Waals surface area contributed by atoms with Gasteiger partial charge in [-0.3, -0.25) is 18.3 Å². The summed E-state index contributed by atoms with van der Waals surface area (Å²) >= 11 is 10.1. The summed E-state index contributed by atoms with van der Waals surface area (Å²) in [4.78, 5) is 31.0. The number of aromatic nitrogens is 4. The number of fused-ring (bicyclic) bond motifs is 2. The number of aryl methyl sites for hydroxylation is 3. The first kappa shape index (κ1) is 77.4. The molecule has 2 aromatic heterocycles. The average molecular weight is 1200 g/mol. The van der Waals surface area contributed by atoms with E-state index in [1.165, 1.54) is 77.3 Å². The molecule has 474 valence electrons. The van der Waals surface area contributed by atoms with Gasteiger partial charge in [0, 0.05) is 44.8 Å². The van der Waals surface area contributed by atoms with Crippen LogP contribution in [0.5, 0.6) is 0 Å². The molecular formula is C72H117N9O2S2. The molecule has 4 heterocycles. The molecule has 85 heavy (non-hydrogen) atoms. The van der Waals surface area contributed by atoms with Gasteiger partial charge in [-0.2, -0.15) is 0 Å². The third-order valence-electron chi connectivity index (χ3n) is 15.3. The van der Waals surface area contributed by atoms with E-state index in [-0.39, 0.29) is 17.4 Å². The Balaban J connectivity index is 0.000000696. The number of nitrogens with two attached hydrogens (primary N) is 1. The lowest BCUT2D eigenvalue weighted by Crippen LogP contribution is -2.53. The minimum absolute atomic E-state index is 0.124. The summed E-state index contributed by atoms with van der Waals surface area (Å²) in [6.07, 6.45) is 33.6. The predicted molar refractivity (Wildman–Crippen MR) is 382 cm³/mol. The van der Waals surface area contributed by atoms with Crippen molar-refractivity contribution in [1.82, 2.24) is 38.7 Å². The van der Waals surface area contributed by atoms with Gasteiger partial charge in [-0.15, -0.1) is 6.58 Å². The van der Waals surface area contributed by atoms with Gasteiger partial charge in [-0.25, -0.2) is 9.59 Å². The van der Waals surface area contributed by atoms with E-state index in [9.17, 15) is 9.59 Å². The third kappa shape index (κ3) is 25.7. The number of allylic oxidation sites excluding steroid dienone is 5. The molecule has 0 spiro atoms. The summed E-state index contributed by atoms with van der Waals surface area (Å²) in [6, 6.07) is 27.8. The summed E-state index contributed by atoms with van der Waals surface area (Å²) in [5.74, 6) is 0. The second kappa shape index (κ2) is 47.5. The topological polar surface area (TPSA) is 110 Å². The van der Waals surface area contributed by atoms with Crippen molar-refractivity contribution in [1.29, 1.82) is 0 Å². The van der Waals surface area contributed by atoms with Crippen LogP contribution in [0.2, 0.25) is 0 Å². The van der Waals surface area contributed by atoms with Crippen LogP contribution < -0.4 is 27.7 Å². The zero-order valence-electron chi connectivity index (χ0n) is 55.3. The van der Waals surface area contributed by atoms with Gasteiger partial charge < -0.3 is 26.2 Å². The fraction of sp³-hybridized carbons (Fsp3) is 0.556. The van der Waals surface area contributed by atoms with Crippen molar-refractivity contribution < 1.29 is 0 Å². The van der Waals surface area contributed by atoms with Crippen molar-refractivity contribution in [2.24, 2.45) is 5.73 Å². The molecule has 3 aliphatic rings. The number of unbranched alkanes of at least 4 members (excludes halogenated alkanes) is 2. The molecule has 0 bridgehead atoms. The second-order valence-corrected chi connectivity index (χ2v) is 22.0. The molecule has 13 heteroatoms. The van der Waals surface area contributed by atoms with Crippen LogP contribution >= 0.6 is 24.4 Å². The van der Waals surface area contributed by atoms with Crippen LogP contribution in [0, 0.1) is 0 Å². The van der Waals surface area contributed by atoms with E-state index >= 15 is 0 Å². The van der Waals surface area contributed by atoms with Crippen LogP contribution in [0.3, 0.4) is 0 Å². The first-order chi connectivity index (χ1) is 41.4. The monoisotopic (exact) mass is 1200 g/mol. The Labute approximate surface area is 527 Å². The van der Waals surface area contributed by atoms with Gasteiger partial charge in [0.15, 0.2) is 5.11 Å². The lowest BCUT2D eigenvalue weighted by molar-refractivity contribution is 0.222. The highest BCUT2D eigenvalue weighted by molar-refractivity contribution is 7.80. The molecule has 1 atom stereocenters. The Morgan fingerprint density at radius 2 is 1.09 bits per heavy atom. The Morgan fingerprint density at radius 3 is 1.56 bits per heavy atom. The molecule has 11 nitrogen and oxygen atoms in total. The quantitative estimate of drug-likeness (QED) is 0.0449. The normalized spacial score (nSPS) is 15.2. The van der Waals surface area contributed by atoms with Crippen LogP contribution in [0.1, 0.15) is 197 Å². The van der Waals surface area contributed by atoms with Gasteiger partial charge in [-0.1, -0.05) is 209 Å². The number of para-hydroxylation sites is 4. The maximum absolute atomic E-state index is 13.9. The number of hydrogen-bond donors (Lipinski definition) is 3. The van der Waals surface area contributed by atoms with Crippen LogP contribution in [0.15, 0.2) is 150 Å². The van der Waals surface area contributed by atoms with Gasteiger partial charge in [-0.05, 0) is 166 Å². The molecule has 0 amide bonds. The van der Waals surface area contributed by atoms with Gasteiger partial charge in [0.2, 0.25) is 0 Å². The Morgan fingerprint density at radius 1 is 0.612 bits per heavy atom. The summed E-state index contributed by atoms with van der Waals surface area (Å²) in [5.41, 5.74) is 11.7. The standard InChI is InChI=1S/C36H47N5OS.C14H20N2O.C8H17N.C4H10.C4H8.C3H6.C2H6.CH3NS/c1-4-22-36(29(5-2)6-3,30-16-9-7-10-17-30)37-34(43)39-27-20-31(21-28-39)41-33-19-12-11-18-32(33)40(35(41)42)26-15-25-38-23-13-8-14-24-38;1-3-5-11-16-13-9-7-6-8-12(13)15(10-4-2)14(16)17;1-2-9-8-6-4-3-5-7-8;2*1-3-4-2;1-3-2;1-2;2-1-3/h4-7,9-12,16-19,22,31H,2,8,13-15,20-21,23-28H2,1,3H3,(H,37,43);6-9H,3-5,10-11H2,1-2H3;8-9H,2-7H2,1H3;3-4H2,1-2H3;3-4H,1-2H3;3H,1H2,2H3;1-2H3;1H,(H2,2,3)/b22-4+,29-6+;;;;4-3-;;;. The first-order valence-electron chi connectivity index (χ1n) is 32.6. The minimum Gasteiger partial charge on any atom is -0.396 e. The van der Waals surface area contributed by atoms with Crippen molar-refractivity contribution in [2.45, 2.75) is 223 Å². The second-order valence-electron chi connectivity index (χ2n) is 21.4. The van der Waals surface area contributed by atoms with Crippen molar-refractivity contribution in [2.75, 3.05) is 39.3 Å². The fourth-order valence-corrected chi connectivity index (χ4v) is 11.2. The van der Waals surface area contributed by atoms with E-state index < -0.39 is 5.54 Å². The molecule has 1 unspecified atom stereocenters. The maximum Gasteiger partial charge on any atom is 0.329 e. The number of thiocarbonyl (C=S) groups is 2. The Kier molecular flexibility index (Phi) is 43.3. The molecule has 0 radical (unpaired) electrons. The van der Waals surface area contributed by atoms with Crippen molar-refractivity contribution in [3.63, 3.8) is 0 Å². The van der Waals surface area contributed by atoms with E-state index in [1.807, 2.05) is 123 Å². The summed E-state index contributed by atoms with van der Waals surface area (Å²) in [5, 5.41) is 7.92. The number of imidazole rings is 2. The Bertz CT molecular complexity index is 2750. The van der Waals surface area contributed by atoms with Gasteiger partial charge in [0.25, 0.3) is 0 Å². The molecule has 1 saturated carbocycles. The van der Waals surface area contributed by atoms with Crippen molar-refractivity contribution >= 4 is 57.1 Å². The smallest absolute Gasteiger partial charge is 0.329 e. The van der Waals surface area contributed by atoms with Gasteiger partial charge >= 0.3 is 11.4 Å². The number of benzene rings is 3. The summed E-state index contributed by atoms with van der Waals surface area (Å²) < 4.78 is 7.88. The van der Waals surface area contributed by atoms with Gasteiger partial charge in [0.05, 0.1) is 27.6 Å². The van der Waals surface area contributed by atoms with E-state index in [2.05, 4.69) is 145 Å². The van der Waals surface area contributed by atoms with E-state index in [0.29, 0.717) is 5.11 Å². The molecule has 2 aliphatic heterocycles. The number of nitrogens with one attached hydrogen (secondary N) is 2. The van der Waals surface area contributed by atoms with Crippen LogP contribution in [0.4, 0.5) is 0 Å². The van der Waals surface area contributed by atoms with E-state index in [1.54, 1.807) is 6.08 Å². The molecule has 8 rings (SSSR count). The van der Waals surface area contributed by atoms with E-state index in [4.69, 9.17) is 12.2 Å². The summed E-state index contributed by atoms with van der Waals surface area (Å²) in [6.45, 7) is 40.8. The van der Waals surface area contributed by atoms with Gasteiger partial charge in [0.1, 0.15) is 5.54 Å². The lowest BCUT2D eigenvalue weighted by Gasteiger charge is -2.40. The van der Waals surface area contributed by atoms with Crippen LogP contribution in [-0.2, 0) is 25.2 Å². The summed E-state index contributed by atoms with van der Waals surface area (Å²) in [7, 11) is 0. The van der Waals surface area contributed by atoms with Crippen molar-refractivity contribution in [3.05, 3.63) is 167 Å². The molecule has 3 fully saturated rings. The maximum atomic E-state index is 13.9. The van der Waals surface area contributed by atoms with Crippen molar-refractivity contribution in [3.8, 4) is 0 Å². The average Bonchev–Trinajstić information content (AvgIpc) is 2.93. The number of likely N-dealkylation sites (tertiary alicyclic amines) is 2. The molecule has 4 N–H and O–H groups in total. The highest BCUT2D eigenvalue weighted by Gasteiger charge is 2.35. The third-order valence-corrected chi connectivity index (χ3v) is 15.6. The zero-order chi connectivity index (χ0) is 63.3. The highest BCUT2D eigenvalue weighted by Crippen LogP contribution is 2.34. The lowest BCUT2D eigenvalue weighted by atomic mass is 9.81. The largest absolute Gasteiger partial charge is 0.396 e. The fourth-order valence-electron chi connectivity index (χ4n) is 10.9. The number of nitrogens with zero attached hydrogens (tertiary/aromatic N) is 6. The van der Waals surface area contributed by atoms with Crippen LogP contribution in [-0.4, -0.2) is 84.0 Å². The number of rotatable bonds is 18. The molecule has 3 aromatic carbocycles. The molecular weight excluding hydrogens is 1090 g/mol. The number of piperidine rings is 2. The highest BCUT2D eigenvalue weighted by atomic mass is 32.1.